The molecule has 7 heteroatoms. The van der Waals surface area contributed by atoms with Crippen LogP contribution in [-0.2, 0) is 34.8 Å². The predicted octanol–water partition coefficient (Wildman–Crippen LogP) is 4.31. The number of aliphatic hydroxyl groups is 1. The van der Waals surface area contributed by atoms with Gasteiger partial charge in [-0.25, -0.2) is 9.18 Å². The maximum atomic E-state index is 14.8. The molecule has 1 aromatic carbocycles. The SMILES string of the molecule is Cn1cc(CC2=CC(O)C(CCc3ccc(C(C)(C)C#N)c(F)c3)(C3CCCC3)OC2=O)cn1. The number of aliphatic hydroxyl groups excluding tert-OH is 1. The summed E-state index contributed by atoms with van der Waals surface area (Å²) in [6.45, 7) is 3.38. The number of carbonyl (C=O) groups is 1. The fourth-order valence-electron chi connectivity index (χ4n) is 5.38. The van der Waals surface area contributed by atoms with Crippen molar-refractivity contribution >= 4 is 5.97 Å². The molecule has 1 aliphatic carbocycles. The molecule has 0 spiro atoms. The quantitative estimate of drug-likeness (QED) is 0.616. The Bertz CT molecular complexity index is 1140. The lowest BCUT2D eigenvalue weighted by Gasteiger charge is -2.44. The van der Waals surface area contributed by atoms with Crippen molar-refractivity contribution in [2.75, 3.05) is 0 Å². The van der Waals surface area contributed by atoms with E-state index in [9.17, 15) is 19.6 Å². The summed E-state index contributed by atoms with van der Waals surface area (Å²) in [4.78, 5) is 13.1. The molecule has 34 heavy (non-hydrogen) atoms. The summed E-state index contributed by atoms with van der Waals surface area (Å²) in [6, 6.07) is 7.07. The van der Waals surface area contributed by atoms with Crippen LogP contribution in [0.4, 0.5) is 4.39 Å². The highest BCUT2D eigenvalue weighted by atomic mass is 19.1. The van der Waals surface area contributed by atoms with E-state index >= 15 is 0 Å². The average molecular weight is 466 g/mol. The normalized spacial score (nSPS) is 23.5. The number of aromatic nitrogens is 2. The first kappa shape index (κ1) is 24.2. The summed E-state index contributed by atoms with van der Waals surface area (Å²) in [5, 5.41) is 24.8. The van der Waals surface area contributed by atoms with Crippen molar-refractivity contribution in [2.24, 2.45) is 13.0 Å². The molecule has 0 saturated heterocycles. The van der Waals surface area contributed by atoms with Gasteiger partial charge in [0.05, 0.1) is 17.7 Å². The Hall–Kier alpha value is -2.98. The van der Waals surface area contributed by atoms with Crippen LogP contribution in [0.25, 0.3) is 0 Å². The number of hydrogen-bond donors (Lipinski definition) is 1. The number of hydrogen-bond acceptors (Lipinski definition) is 5. The minimum absolute atomic E-state index is 0.0595. The molecule has 2 atom stereocenters. The highest BCUT2D eigenvalue weighted by molar-refractivity contribution is 5.90. The molecule has 1 aromatic heterocycles. The van der Waals surface area contributed by atoms with Crippen molar-refractivity contribution in [3.63, 3.8) is 0 Å². The third-order valence-corrected chi connectivity index (χ3v) is 7.39. The predicted molar refractivity (Wildman–Crippen MR) is 125 cm³/mol. The number of benzene rings is 1. The fraction of sp³-hybridized carbons (Fsp3) is 0.519. The zero-order valence-electron chi connectivity index (χ0n) is 20.1. The topological polar surface area (TPSA) is 88.1 Å². The molecule has 0 bridgehead atoms. The van der Waals surface area contributed by atoms with Crippen molar-refractivity contribution in [3.05, 3.63) is 64.7 Å². The van der Waals surface area contributed by atoms with Gasteiger partial charge in [0, 0.05) is 36.7 Å². The Labute approximate surface area is 200 Å². The first-order chi connectivity index (χ1) is 16.1. The Morgan fingerprint density at radius 2 is 2.06 bits per heavy atom. The summed E-state index contributed by atoms with van der Waals surface area (Å²) >= 11 is 0. The van der Waals surface area contributed by atoms with Crippen molar-refractivity contribution in [1.82, 2.24) is 9.78 Å². The number of esters is 1. The Balaban J connectivity index is 1.57. The minimum atomic E-state index is -1.02. The van der Waals surface area contributed by atoms with E-state index in [-0.39, 0.29) is 5.92 Å². The number of carbonyl (C=O) groups excluding carboxylic acids is 1. The van der Waals surface area contributed by atoms with E-state index in [1.807, 2.05) is 19.3 Å². The van der Waals surface area contributed by atoms with E-state index in [0.29, 0.717) is 30.4 Å². The van der Waals surface area contributed by atoms with Crippen LogP contribution in [-0.4, -0.2) is 32.6 Å². The van der Waals surface area contributed by atoms with Crippen LogP contribution in [0.15, 0.2) is 42.2 Å². The second-order valence-corrected chi connectivity index (χ2v) is 10.2. The maximum Gasteiger partial charge on any atom is 0.334 e. The van der Waals surface area contributed by atoms with Gasteiger partial charge in [-0.05, 0) is 62.8 Å². The maximum absolute atomic E-state index is 14.8. The standard InChI is InChI=1S/C27H32FN3O3/c1-26(2,17-29)22-9-8-18(13-23(22)28)10-11-27(21-6-4-5-7-21)24(32)14-20(25(33)34-27)12-19-15-30-31(3)16-19/h8-9,13-16,21,24,32H,4-7,10-12H2,1-3H3. The van der Waals surface area contributed by atoms with E-state index in [1.54, 1.807) is 36.9 Å². The lowest BCUT2D eigenvalue weighted by atomic mass is 9.75. The number of rotatable bonds is 7. The van der Waals surface area contributed by atoms with Crippen LogP contribution in [0.3, 0.4) is 0 Å². The van der Waals surface area contributed by atoms with Crippen LogP contribution in [0.1, 0.15) is 62.6 Å². The molecule has 2 aliphatic rings. The molecule has 2 unspecified atom stereocenters. The van der Waals surface area contributed by atoms with Gasteiger partial charge in [-0.1, -0.05) is 25.0 Å². The third kappa shape index (κ3) is 4.65. The van der Waals surface area contributed by atoms with Gasteiger partial charge in [0.25, 0.3) is 0 Å². The second kappa shape index (κ2) is 9.34. The monoisotopic (exact) mass is 465 g/mol. The summed E-state index contributed by atoms with van der Waals surface area (Å²) in [7, 11) is 1.81. The smallest absolute Gasteiger partial charge is 0.334 e. The van der Waals surface area contributed by atoms with E-state index in [2.05, 4.69) is 11.2 Å². The zero-order chi connectivity index (χ0) is 24.5. The summed E-state index contributed by atoms with van der Waals surface area (Å²) < 4.78 is 22.6. The van der Waals surface area contributed by atoms with Crippen LogP contribution in [0.2, 0.25) is 0 Å². The molecule has 1 N–H and O–H groups in total. The summed E-state index contributed by atoms with van der Waals surface area (Å²) in [5.41, 5.74) is 0.480. The van der Waals surface area contributed by atoms with E-state index in [0.717, 1.165) is 36.8 Å². The fourth-order valence-corrected chi connectivity index (χ4v) is 5.38. The molecule has 1 saturated carbocycles. The van der Waals surface area contributed by atoms with Gasteiger partial charge < -0.3 is 9.84 Å². The van der Waals surface area contributed by atoms with Crippen molar-refractivity contribution < 1.29 is 19.0 Å². The van der Waals surface area contributed by atoms with E-state index in [4.69, 9.17) is 4.74 Å². The van der Waals surface area contributed by atoms with Gasteiger partial charge in [-0.2, -0.15) is 10.4 Å². The molecule has 4 rings (SSSR count). The first-order valence-corrected chi connectivity index (χ1v) is 11.9. The number of nitrogens with zero attached hydrogens (tertiary/aromatic N) is 3. The van der Waals surface area contributed by atoms with Crippen LogP contribution in [0.5, 0.6) is 0 Å². The Morgan fingerprint density at radius 1 is 1.32 bits per heavy atom. The van der Waals surface area contributed by atoms with Gasteiger partial charge in [0.1, 0.15) is 17.5 Å². The second-order valence-electron chi connectivity index (χ2n) is 10.2. The molecule has 2 heterocycles. The number of cyclic esters (lactones) is 1. The van der Waals surface area contributed by atoms with Crippen molar-refractivity contribution in [3.8, 4) is 6.07 Å². The molecular weight excluding hydrogens is 433 g/mol. The Kier molecular flexibility index (Phi) is 6.64. The number of aryl methyl sites for hydroxylation is 2. The van der Waals surface area contributed by atoms with Crippen LogP contribution in [0, 0.1) is 23.1 Å². The highest BCUT2D eigenvalue weighted by Gasteiger charge is 2.51. The van der Waals surface area contributed by atoms with Gasteiger partial charge >= 0.3 is 5.97 Å². The third-order valence-electron chi connectivity index (χ3n) is 7.39. The molecule has 0 amide bonds. The molecule has 1 aliphatic heterocycles. The Morgan fingerprint density at radius 3 is 2.68 bits per heavy atom. The lowest BCUT2D eigenvalue weighted by Crippen LogP contribution is -2.54. The summed E-state index contributed by atoms with van der Waals surface area (Å²) in [6.07, 6.45) is 9.32. The average Bonchev–Trinajstić information content (AvgIpc) is 3.47. The molecule has 1 fully saturated rings. The van der Waals surface area contributed by atoms with Crippen molar-refractivity contribution in [1.29, 1.82) is 5.26 Å². The van der Waals surface area contributed by atoms with Crippen molar-refractivity contribution in [2.45, 2.75) is 75.9 Å². The molecule has 180 valence electrons. The van der Waals surface area contributed by atoms with Crippen LogP contribution >= 0.6 is 0 Å². The molecule has 0 radical (unpaired) electrons. The molecule has 6 nitrogen and oxygen atoms in total. The molecule has 2 aromatic rings. The number of halogens is 1. The minimum Gasteiger partial charge on any atom is -0.452 e. The highest BCUT2D eigenvalue weighted by Crippen LogP contribution is 2.44. The van der Waals surface area contributed by atoms with E-state index < -0.39 is 28.9 Å². The van der Waals surface area contributed by atoms with Gasteiger partial charge in [0.2, 0.25) is 0 Å². The number of nitriles is 1. The lowest BCUT2D eigenvalue weighted by molar-refractivity contribution is -0.181. The number of ether oxygens (including phenoxy) is 1. The zero-order valence-corrected chi connectivity index (χ0v) is 20.1. The summed E-state index contributed by atoms with van der Waals surface area (Å²) in [5.74, 6) is -0.763. The van der Waals surface area contributed by atoms with Gasteiger partial charge in [0.15, 0.2) is 0 Å². The first-order valence-electron chi connectivity index (χ1n) is 11.9. The van der Waals surface area contributed by atoms with E-state index in [1.165, 1.54) is 6.07 Å². The van der Waals surface area contributed by atoms with Gasteiger partial charge in [-0.15, -0.1) is 0 Å². The van der Waals surface area contributed by atoms with Gasteiger partial charge in [-0.3, -0.25) is 4.68 Å². The largest absolute Gasteiger partial charge is 0.452 e. The van der Waals surface area contributed by atoms with Crippen LogP contribution < -0.4 is 0 Å². The molecular formula is C27H32FN3O3.